The van der Waals surface area contributed by atoms with Crippen LogP contribution < -0.4 is 10.6 Å². The molecule has 3 N–H and O–H groups in total. The molecule has 0 spiro atoms. The first kappa shape index (κ1) is 15.1. The van der Waals surface area contributed by atoms with Gasteiger partial charge in [0.15, 0.2) is 0 Å². The topological polar surface area (TPSA) is 69.8 Å². The Balaban J connectivity index is 2.15. The summed E-state index contributed by atoms with van der Waals surface area (Å²) < 4.78 is 0. The van der Waals surface area contributed by atoms with Gasteiger partial charge in [-0.3, -0.25) is 9.89 Å². The lowest BCUT2D eigenvalue weighted by molar-refractivity contribution is 0.0940. The molecule has 1 amide bonds. The average Bonchev–Trinajstić information content (AvgIpc) is 3.00. The second-order valence-electron chi connectivity index (χ2n) is 5.20. The largest absolute Gasteiger partial charge is 0.384 e. The Morgan fingerprint density at radius 3 is 2.90 bits per heavy atom. The molecule has 0 bridgehead atoms. The number of nitrogens with one attached hydrogen (secondary N) is 3. The van der Waals surface area contributed by atoms with Gasteiger partial charge >= 0.3 is 0 Å². The second-order valence-corrected chi connectivity index (χ2v) is 5.20. The number of benzene rings is 1. The van der Waals surface area contributed by atoms with Crippen LogP contribution in [-0.4, -0.2) is 22.6 Å². The number of H-pyrrole nitrogens is 1. The van der Waals surface area contributed by atoms with E-state index in [0.29, 0.717) is 5.56 Å². The van der Waals surface area contributed by atoms with Crippen molar-refractivity contribution < 1.29 is 4.79 Å². The van der Waals surface area contributed by atoms with Crippen molar-refractivity contribution >= 4 is 11.6 Å². The van der Waals surface area contributed by atoms with Crippen LogP contribution in [0.4, 0.5) is 5.69 Å². The minimum absolute atomic E-state index is 0.0778. The molecule has 5 heteroatoms. The van der Waals surface area contributed by atoms with Gasteiger partial charge in [0.05, 0.1) is 17.8 Å². The Bertz CT molecular complexity index is 592. The molecule has 0 saturated carbocycles. The van der Waals surface area contributed by atoms with Crippen molar-refractivity contribution in [1.82, 2.24) is 15.5 Å². The third-order valence-corrected chi connectivity index (χ3v) is 3.35. The van der Waals surface area contributed by atoms with E-state index >= 15 is 0 Å². The van der Waals surface area contributed by atoms with E-state index in [9.17, 15) is 4.79 Å². The van der Waals surface area contributed by atoms with Crippen LogP contribution >= 0.6 is 0 Å². The van der Waals surface area contributed by atoms with Crippen LogP contribution in [0.1, 0.15) is 47.8 Å². The number of amides is 1. The highest BCUT2D eigenvalue weighted by Gasteiger charge is 2.15. The van der Waals surface area contributed by atoms with Gasteiger partial charge < -0.3 is 10.6 Å². The van der Waals surface area contributed by atoms with E-state index in [2.05, 4.69) is 27.8 Å². The monoisotopic (exact) mass is 286 g/mol. The van der Waals surface area contributed by atoms with Crippen molar-refractivity contribution in [2.24, 2.45) is 0 Å². The van der Waals surface area contributed by atoms with E-state index < -0.39 is 0 Å². The maximum Gasteiger partial charge on any atom is 0.253 e. The highest BCUT2D eigenvalue weighted by molar-refractivity contribution is 6.00. The number of anilines is 1. The summed E-state index contributed by atoms with van der Waals surface area (Å²) in [4.78, 5) is 12.5. The molecular formula is C16H22N4O. The van der Waals surface area contributed by atoms with Crippen molar-refractivity contribution in [2.45, 2.75) is 33.2 Å². The molecular weight excluding hydrogens is 264 g/mol. The molecule has 0 aliphatic rings. The number of rotatable bonds is 6. The van der Waals surface area contributed by atoms with Crippen LogP contribution in [0.25, 0.3) is 0 Å². The lowest BCUT2D eigenvalue weighted by Crippen LogP contribution is -2.27. The molecule has 5 nitrogen and oxygen atoms in total. The van der Waals surface area contributed by atoms with Crippen molar-refractivity contribution in [2.75, 3.05) is 11.9 Å². The molecule has 0 aliphatic carbocycles. The molecule has 1 unspecified atom stereocenters. The molecule has 0 aliphatic heterocycles. The summed E-state index contributed by atoms with van der Waals surface area (Å²) in [5.74, 6) is -0.0778. The zero-order valence-corrected chi connectivity index (χ0v) is 12.7. The quantitative estimate of drug-likeness (QED) is 0.764. The van der Waals surface area contributed by atoms with Crippen molar-refractivity contribution in [3.63, 3.8) is 0 Å². The fourth-order valence-corrected chi connectivity index (χ4v) is 2.12. The Hall–Kier alpha value is -2.30. The van der Waals surface area contributed by atoms with E-state index in [1.165, 1.54) is 0 Å². The van der Waals surface area contributed by atoms with E-state index in [4.69, 9.17) is 0 Å². The van der Waals surface area contributed by atoms with Gasteiger partial charge in [0.25, 0.3) is 5.91 Å². The molecule has 0 radical (unpaired) electrons. The van der Waals surface area contributed by atoms with Gasteiger partial charge in [-0.2, -0.15) is 5.10 Å². The smallest absolute Gasteiger partial charge is 0.253 e. The van der Waals surface area contributed by atoms with E-state index in [1.807, 2.05) is 32.0 Å². The summed E-state index contributed by atoms with van der Waals surface area (Å²) in [6, 6.07) is 5.79. The Labute approximate surface area is 125 Å². The van der Waals surface area contributed by atoms with E-state index in [-0.39, 0.29) is 11.9 Å². The molecule has 1 atom stereocenters. The minimum Gasteiger partial charge on any atom is -0.384 e. The van der Waals surface area contributed by atoms with Crippen molar-refractivity contribution in [3.05, 3.63) is 47.3 Å². The highest BCUT2D eigenvalue weighted by Crippen LogP contribution is 2.19. The lowest BCUT2D eigenvalue weighted by atomic mass is 10.1. The summed E-state index contributed by atoms with van der Waals surface area (Å²) in [6.07, 6.45) is 4.52. The van der Waals surface area contributed by atoms with E-state index in [0.717, 1.165) is 29.8 Å². The molecule has 1 aromatic heterocycles. The molecule has 1 aromatic carbocycles. The number of aryl methyl sites for hydroxylation is 1. The van der Waals surface area contributed by atoms with Gasteiger partial charge in [0.2, 0.25) is 0 Å². The maximum atomic E-state index is 12.5. The number of aromatic amines is 1. The Kier molecular flexibility index (Phi) is 4.98. The summed E-state index contributed by atoms with van der Waals surface area (Å²) in [7, 11) is 0. The van der Waals surface area contributed by atoms with Crippen LogP contribution in [0.5, 0.6) is 0 Å². The maximum absolute atomic E-state index is 12.5. The lowest BCUT2D eigenvalue weighted by Gasteiger charge is -2.16. The number of hydrogen-bond donors (Lipinski definition) is 3. The number of aromatic nitrogens is 2. The molecule has 112 valence electrons. The molecule has 0 fully saturated rings. The van der Waals surface area contributed by atoms with Crippen LogP contribution in [0, 0.1) is 6.92 Å². The SMILES string of the molecule is CCCNc1ccc(C)cc1C(=O)NC(C)c1cn[nH]c1. The molecule has 21 heavy (non-hydrogen) atoms. The van der Waals surface area contributed by atoms with Gasteiger partial charge in [-0.1, -0.05) is 18.6 Å². The minimum atomic E-state index is -0.0872. The number of carbonyl (C=O) groups is 1. The second kappa shape index (κ2) is 6.92. The molecule has 0 saturated heterocycles. The Morgan fingerprint density at radius 1 is 1.43 bits per heavy atom. The molecule has 2 rings (SSSR count). The fourth-order valence-electron chi connectivity index (χ4n) is 2.12. The summed E-state index contributed by atoms with van der Waals surface area (Å²) in [6.45, 7) is 6.88. The van der Waals surface area contributed by atoms with Crippen LogP contribution in [0.2, 0.25) is 0 Å². The van der Waals surface area contributed by atoms with Crippen LogP contribution in [0.3, 0.4) is 0 Å². The third-order valence-electron chi connectivity index (χ3n) is 3.35. The normalized spacial score (nSPS) is 12.0. The van der Waals surface area contributed by atoms with Gasteiger partial charge in [-0.15, -0.1) is 0 Å². The first-order valence-corrected chi connectivity index (χ1v) is 7.26. The predicted octanol–water partition coefficient (Wildman–Crippen LogP) is 3.03. The van der Waals surface area contributed by atoms with Gasteiger partial charge in [-0.25, -0.2) is 0 Å². The zero-order chi connectivity index (χ0) is 15.2. The molecule has 1 heterocycles. The summed E-state index contributed by atoms with van der Waals surface area (Å²) >= 11 is 0. The Morgan fingerprint density at radius 2 is 2.24 bits per heavy atom. The number of nitrogens with zero attached hydrogens (tertiary/aromatic N) is 1. The summed E-state index contributed by atoms with van der Waals surface area (Å²) in [5, 5.41) is 13.0. The van der Waals surface area contributed by atoms with Crippen molar-refractivity contribution in [1.29, 1.82) is 0 Å². The highest BCUT2D eigenvalue weighted by atomic mass is 16.1. The number of carbonyl (C=O) groups excluding carboxylic acids is 1. The van der Waals surface area contributed by atoms with Crippen molar-refractivity contribution in [3.8, 4) is 0 Å². The van der Waals surface area contributed by atoms with E-state index in [1.54, 1.807) is 12.4 Å². The average molecular weight is 286 g/mol. The predicted molar refractivity (Wildman–Crippen MR) is 84.4 cm³/mol. The zero-order valence-electron chi connectivity index (χ0n) is 12.7. The van der Waals surface area contributed by atoms with Crippen LogP contribution in [0.15, 0.2) is 30.6 Å². The van der Waals surface area contributed by atoms with Crippen LogP contribution in [-0.2, 0) is 0 Å². The van der Waals surface area contributed by atoms with Gasteiger partial charge in [0.1, 0.15) is 0 Å². The fraction of sp³-hybridized carbons (Fsp3) is 0.375. The standard InChI is InChI=1S/C16H22N4O/c1-4-7-17-15-6-5-11(2)8-14(15)16(21)20-12(3)13-9-18-19-10-13/h5-6,8-10,12,17H,4,7H2,1-3H3,(H,18,19)(H,20,21). The molecule has 2 aromatic rings. The van der Waals surface area contributed by atoms with Gasteiger partial charge in [0, 0.05) is 24.0 Å². The number of hydrogen-bond acceptors (Lipinski definition) is 3. The summed E-state index contributed by atoms with van der Waals surface area (Å²) in [5.41, 5.74) is 3.58. The first-order chi connectivity index (χ1) is 10.1. The first-order valence-electron chi connectivity index (χ1n) is 7.26. The third kappa shape index (κ3) is 3.84. The van der Waals surface area contributed by atoms with Gasteiger partial charge in [-0.05, 0) is 32.4 Å².